The molecule has 1 amide bonds. The minimum atomic E-state index is 0.179. The quantitative estimate of drug-likeness (QED) is 0.646. The summed E-state index contributed by atoms with van der Waals surface area (Å²) in [5.41, 5.74) is 0. The van der Waals surface area contributed by atoms with Crippen LogP contribution < -0.4 is 5.32 Å². The van der Waals surface area contributed by atoms with Gasteiger partial charge in [-0.1, -0.05) is 26.7 Å². The second-order valence-electron chi connectivity index (χ2n) is 5.16. The summed E-state index contributed by atoms with van der Waals surface area (Å²) in [6.07, 6.45) is 3.69. The summed E-state index contributed by atoms with van der Waals surface area (Å²) in [5.74, 6) is 0.965. The molecule has 0 rings (SSSR count). The molecule has 3 nitrogen and oxygen atoms in total. The van der Waals surface area contributed by atoms with Crippen molar-refractivity contribution < 1.29 is 4.79 Å². The van der Waals surface area contributed by atoms with Crippen LogP contribution in [0.4, 0.5) is 0 Å². The maximum absolute atomic E-state index is 11.6. The van der Waals surface area contributed by atoms with Gasteiger partial charge in [-0.15, -0.1) is 0 Å². The maximum Gasteiger partial charge on any atom is 0.236 e. The molecule has 0 fully saturated rings. The van der Waals surface area contributed by atoms with Crippen LogP contribution in [-0.4, -0.2) is 37.0 Å². The summed E-state index contributed by atoms with van der Waals surface area (Å²) < 4.78 is 0. The van der Waals surface area contributed by atoms with Crippen LogP contribution in [0.3, 0.4) is 0 Å². The fourth-order valence-electron chi connectivity index (χ4n) is 1.41. The molecule has 16 heavy (non-hydrogen) atoms. The summed E-state index contributed by atoms with van der Waals surface area (Å²) in [5, 5.41) is 3.20. The number of carbonyl (C=O) groups is 1. The molecule has 0 aliphatic rings. The van der Waals surface area contributed by atoms with Crippen molar-refractivity contribution in [3.05, 3.63) is 0 Å². The van der Waals surface area contributed by atoms with Crippen molar-refractivity contribution >= 4 is 5.91 Å². The number of carbonyl (C=O) groups excluding carboxylic acids is 1. The Morgan fingerprint density at radius 3 is 2.31 bits per heavy atom. The van der Waals surface area contributed by atoms with Gasteiger partial charge in [-0.2, -0.15) is 0 Å². The van der Waals surface area contributed by atoms with E-state index in [0.717, 1.165) is 18.9 Å². The Hall–Kier alpha value is -0.570. The normalized spacial score (nSPS) is 11.2. The SMILES string of the molecule is CC(C)CCCCNCC(=O)N(C)C(C)C. The second-order valence-corrected chi connectivity index (χ2v) is 5.16. The smallest absolute Gasteiger partial charge is 0.236 e. The number of unbranched alkanes of at least 4 members (excludes halogenated alkanes) is 1. The second kappa shape index (κ2) is 8.57. The van der Waals surface area contributed by atoms with Crippen LogP contribution >= 0.6 is 0 Å². The highest BCUT2D eigenvalue weighted by Crippen LogP contribution is 2.04. The zero-order chi connectivity index (χ0) is 12.6. The van der Waals surface area contributed by atoms with E-state index in [-0.39, 0.29) is 11.9 Å². The average molecular weight is 228 g/mol. The number of likely N-dealkylation sites (N-methyl/N-ethyl adjacent to an activating group) is 1. The largest absolute Gasteiger partial charge is 0.342 e. The Balaban J connectivity index is 3.41. The van der Waals surface area contributed by atoms with E-state index in [4.69, 9.17) is 0 Å². The van der Waals surface area contributed by atoms with Crippen molar-refractivity contribution in [3.63, 3.8) is 0 Å². The fourth-order valence-corrected chi connectivity index (χ4v) is 1.41. The predicted octanol–water partition coefficient (Wildman–Crippen LogP) is 2.27. The van der Waals surface area contributed by atoms with Crippen molar-refractivity contribution in [1.29, 1.82) is 0 Å². The molecule has 3 heteroatoms. The molecule has 0 spiro atoms. The van der Waals surface area contributed by atoms with Gasteiger partial charge in [-0.3, -0.25) is 4.79 Å². The predicted molar refractivity (Wildman–Crippen MR) is 69.5 cm³/mol. The van der Waals surface area contributed by atoms with E-state index >= 15 is 0 Å². The summed E-state index contributed by atoms with van der Waals surface area (Å²) >= 11 is 0. The molecule has 0 radical (unpaired) electrons. The van der Waals surface area contributed by atoms with Crippen molar-refractivity contribution in [2.24, 2.45) is 5.92 Å². The van der Waals surface area contributed by atoms with Gasteiger partial charge in [0, 0.05) is 13.1 Å². The monoisotopic (exact) mass is 228 g/mol. The van der Waals surface area contributed by atoms with Gasteiger partial charge < -0.3 is 10.2 Å². The highest BCUT2D eigenvalue weighted by Gasteiger charge is 2.10. The number of nitrogens with zero attached hydrogens (tertiary/aromatic N) is 1. The first-order chi connectivity index (χ1) is 7.45. The van der Waals surface area contributed by atoms with Crippen molar-refractivity contribution in [2.45, 2.75) is 53.0 Å². The van der Waals surface area contributed by atoms with Crippen LogP contribution in [0.5, 0.6) is 0 Å². The summed E-state index contributed by atoms with van der Waals surface area (Å²) in [6, 6.07) is 0.287. The number of rotatable bonds is 8. The molecule has 1 N–H and O–H groups in total. The van der Waals surface area contributed by atoms with E-state index in [9.17, 15) is 4.79 Å². The van der Waals surface area contributed by atoms with Gasteiger partial charge in [0.05, 0.1) is 6.54 Å². The molecular weight excluding hydrogens is 200 g/mol. The Morgan fingerprint density at radius 1 is 1.19 bits per heavy atom. The third kappa shape index (κ3) is 7.69. The van der Waals surface area contributed by atoms with Gasteiger partial charge >= 0.3 is 0 Å². The van der Waals surface area contributed by atoms with Crippen LogP contribution in [0.25, 0.3) is 0 Å². The zero-order valence-corrected chi connectivity index (χ0v) is 11.5. The average Bonchev–Trinajstić information content (AvgIpc) is 2.21. The van der Waals surface area contributed by atoms with E-state index in [1.165, 1.54) is 12.8 Å². The molecule has 0 atom stereocenters. The van der Waals surface area contributed by atoms with E-state index in [1.807, 2.05) is 20.9 Å². The van der Waals surface area contributed by atoms with E-state index in [1.54, 1.807) is 4.90 Å². The first kappa shape index (κ1) is 15.4. The molecule has 0 bridgehead atoms. The molecule has 0 saturated heterocycles. The lowest BCUT2D eigenvalue weighted by atomic mass is 10.1. The van der Waals surface area contributed by atoms with Crippen LogP contribution in [0.15, 0.2) is 0 Å². The van der Waals surface area contributed by atoms with Crippen molar-refractivity contribution in [1.82, 2.24) is 10.2 Å². The zero-order valence-electron chi connectivity index (χ0n) is 11.5. The Labute approximate surface area is 101 Å². The standard InChI is InChI=1S/C13H28N2O/c1-11(2)8-6-7-9-14-10-13(16)15(5)12(3)4/h11-12,14H,6-10H2,1-5H3. The highest BCUT2D eigenvalue weighted by atomic mass is 16.2. The van der Waals surface area contributed by atoms with Crippen LogP contribution in [0.1, 0.15) is 47.0 Å². The third-order valence-corrected chi connectivity index (χ3v) is 2.83. The number of hydrogen-bond donors (Lipinski definition) is 1. The number of amides is 1. The lowest BCUT2D eigenvalue weighted by Crippen LogP contribution is -2.39. The lowest BCUT2D eigenvalue weighted by Gasteiger charge is -2.21. The van der Waals surface area contributed by atoms with E-state index in [2.05, 4.69) is 19.2 Å². The summed E-state index contributed by atoms with van der Waals surface area (Å²) in [7, 11) is 1.85. The first-order valence-electron chi connectivity index (χ1n) is 6.41. The lowest BCUT2D eigenvalue weighted by molar-refractivity contribution is -0.130. The Morgan fingerprint density at radius 2 is 1.81 bits per heavy atom. The van der Waals surface area contributed by atoms with E-state index < -0.39 is 0 Å². The molecule has 0 aromatic heterocycles. The molecule has 0 aliphatic heterocycles. The molecule has 0 aliphatic carbocycles. The fraction of sp³-hybridized carbons (Fsp3) is 0.923. The van der Waals surface area contributed by atoms with Gasteiger partial charge in [0.15, 0.2) is 0 Å². The molecule has 0 aromatic rings. The number of hydrogen-bond acceptors (Lipinski definition) is 2. The Kier molecular flexibility index (Phi) is 8.26. The molecule has 0 heterocycles. The van der Waals surface area contributed by atoms with Gasteiger partial charge in [-0.05, 0) is 32.7 Å². The van der Waals surface area contributed by atoms with Crippen molar-refractivity contribution in [2.75, 3.05) is 20.1 Å². The van der Waals surface area contributed by atoms with Crippen LogP contribution in [0.2, 0.25) is 0 Å². The Bertz CT molecular complexity index is 190. The molecule has 0 unspecified atom stereocenters. The molecular formula is C13H28N2O. The van der Waals surface area contributed by atoms with Gasteiger partial charge in [0.2, 0.25) is 5.91 Å². The van der Waals surface area contributed by atoms with E-state index in [0.29, 0.717) is 6.54 Å². The number of nitrogens with one attached hydrogen (secondary N) is 1. The highest BCUT2D eigenvalue weighted by molar-refractivity contribution is 5.78. The molecule has 0 aromatic carbocycles. The maximum atomic E-state index is 11.6. The molecule has 96 valence electrons. The summed E-state index contributed by atoms with van der Waals surface area (Å²) in [6.45, 7) is 9.96. The van der Waals surface area contributed by atoms with Crippen molar-refractivity contribution in [3.8, 4) is 0 Å². The first-order valence-corrected chi connectivity index (χ1v) is 6.41. The summed E-state index contributed by atoms with van der Waals surface area (Å²) in [4.78, 5) is 13.4. The van der Waals surface area contributed by atoms with Crippen LogP contribution in [0, 0.1) is 5.92 Å². The van der Waals surface area contributed by atoms with Gasteiger partial charge in [-0.25, -0.2) is 0 Å². The van der Waals surface area contributed by atoms with Gasteiger partial charge in [0.25, 0.3) is 0 Å². The third-order valence-electron chi connectivity index (χ3n) is 2.83. The topological polar surface area (TPSA) is 32.3 Å². The minimum Gasteiger partial charge on any atom is -0.342 e. The molecule has 0 saturated carbocycles. The van der Waals surface area contributed by atoms with Crippen LogP contribution in [-0.2, 0) is 4.79 Å². The minimum absolute atomic E-state index is 0.179. The van der Waals surface area contributed by atoms with Gasteiger partial charge in [0.1, 0.15) is 0 Å².